The summed E-state index contributed by atoms with van der Waals surface area (Å²) in [6.07, 6.45) is 4.71. The van der Waals surface area contributed by atoms with Gasteiger partial charge in [0.1, 0.15) is 0 Å². The molecule has 0 aliphatic rings. The fourth-order valence-corrected chi connectivity index (χ4v) is 6.83. The number of hydrogen-bond donors (Lipinski definition) is 0. The van der Waals surface area contributed by atoms with Gasteiger partial charge in [0.05, 0.1) is 0 Å². The van der Waals surface area contributed by atoms with Crippen molar-refractivity contribution in [2.24, 2.45) is 11.8 Å². The third kappa shape index (κ3) is 7.39. The van der Waals surface area contributed by atoms with Gasteiger partial charge in [-0.1, -0.05) is 0 Å². The summed E-state index contributed by atoms with van der Waals surface area (Å²) in [7, 11) is 0. The molecule has 0 saturated carbocycles. The molecule has 0 aromatic heterocycles. The van der Waals surface area contributed by atoms with Gasteiger partial charge in [0.15, 0.2) is 0 Å². The zero-order valence-electron chi connectivity index (χ0n) is 24.8. The van der Waals surface area contributed by atoms with Gasteiger partial charge in [0.25, 0.3) is 0 Å². The Bertz CT molecular complexity index is 1180. The Morgan fingerprint density at radius 2 is 0.821 bits per heavy atom. The molecule has 0 N–H and O–H groups in total. The van der Waals surface area contributed by atoms with E-state index >= 15 is 0 Å². The third-order valence-corrected chi connectivity index (χ3v) is 9.96. The van der Waals surface area contributed by atoms with Crippen LogP contribution in [0.15, 0.2) is 119 Å². The second-order valence-electron chi connectivity index (χ2n) is 12.0. The Hall–Kier alpha value is -1.58. The monoisotopic (exact) mass is 518 g/mol. The standard InChI is InChI=1S/C36H40S.2Li/c1-5-27(3)25-35(29-13-9-7-10-14-29)31-17-21-33(22-18-31)37-34-23-19-32(20-24-34)36(26-28(4)6-2)30-15-11-8-12-16-30;;/h7-24,27-28H,5-6,25-26H2,1-4H3;;. The van der Waals surface area contributed by atoms with Gasteiger partial charge in [0, 0.05) is 0 Å². The molecule has 0 saturated heterocycles. The van der Waals surface area contributed by atoms with Gasteiger partial charge in [0.2, 0.25) is 0 Å². The third-order valence-electron chi connectivity index (χ3n) is 8.95. The van der Waals surface area contributed by atoms with Crippen LogP contribution in [-0.4, -0.2) is 35.4 Å². The normalized spacial score (nSPS) is 16.2. The fraction of sp³-hybridized carbons (Fsp3) is 0.333. The maximum atomic E-state index is 2.42. The van der Waals surface area contributed by atoms with E-state index < -0.39 is 0 Å². The van der Waals surface area contributed by atoms with Gasteiger partial charge in [-0.3, -0.25) is 0 Å². The van der Waals surface area contributed by atoms with E-state index in [1.54, 1.807) is 0 Å². The number of hydrogen-bond acceptors (Lipinski definition) is 1. The molecule has 4 aromatic carbocycles. The van der Waals surface area contributed by atoms with Crippen molar-refractivity contribution in [3.8, 4) is 0 Å². The van der Waals surface area contributed by atoms with Crippen LogP contribution in [0.1, 0.15) is 75.6 Å². The SMILES string of the molecule is [Li][C](CC(C)CC)(c1ccccc1)c1ccc(Sc2ccc([C]([Li])(CC(C)CC)c3ccccc3)cc2)cc1. The van der Waals surface area contributed by atoms with Crippen LogP contribution in [0, 0.1) is 11.8 Å². The average molecular weight is 519 g/mol. The van der Waals surface area contributed by atoms with Gasteiger partial charge in [-0.05, 0) is 0 Å². The molecular formula is C36H40Li2S. The summed E-state index contributed by atoms with van der Waals surface area (Å²) in [6, 6.07) is 40.7. The molecule has 0 heterocycles. The Balaban J connectivity index is 1.55. The molecule has 0 radical (unpaired) electrons. The first-order valence-corrected chi connectivity index (χ1v) is 15.6. The van der Waals surface area contributed by atoms with Crippen LogP contribution in [0.5, 0.6) is 0 Å². The topological polar surface area (TPSA) is 0 Å². The van der Waals surface area contributed by atoms with Gasteiger partial charge in [-0.25, -0.2) is 0 Å². The van der Waals surface area contributed by atoms with Crippen molar-refractivity contribution in [1.82, 2.24) is 0 Å². The minimum absolute atomic E-state index is 0.0129. The second kappa shape index (κ2) is 13.9. The summed E-state index contributed by atoms with van der Waals surface area (Å²) in [5.74, 6) is 1.34. The predicted molar refractivity (Wildman–Crippen MR) is 171 cm³/mol. The first kappa shape index (κ1) is 30.4. The van der Waals surface area contributed by atoms with Gasteiger partial charge >= 0.3 is 262 Å². The van der Waals surface area contributed by atoms with Crippen molar-refractivity contribution in [1.29, 1.82) is 0 Å². The summed E-state index contributed by atoms with van der Waals surface area (Å²) in [5.41, 5.74) is 5.61. The zero-order valence-corrected chi connectivity index (χ0v) is 25.6. The molecule has 4 aromatic rings. The first-order valence-electron chi connectivity index (χ1n) is 14.8. The molecule has 4 atom stereocenters. The summed E-state index contributed by atoms with van der Waals surface area (Å²) < 4.78 is 0.0259. The van der Waals surface area contributed by atoms with Gasteiger partial charge in [-0.15, -0.1) is 0 Å². The minimum atomic E-state index is 0.0129. The quantitative estimate of drug-likeness (QED) is 0.168. The van der Waals surface area contributed by atoms with Crippen LogP contribution in [0.3, 0.4) is 0 Å². The fourth-order valence-electron chi connectivity index (χ4n) is 6.02. The van der Waals surface area contributed by atoms with E-state index in [0.29, 0.717) is 11.8 Å². The number of rotatable bonds is 12. The molecule has 39 heavy (non-hydrogen) atoms. The predicted octanol–water partition coefficient (Wildman–Crippen LogP) is 9.53. The molecule has 0 nitrogen and oxygen atoms in total. The van der Waals surface area contributed by atoms with Gasteiger partial charge < -0.3 is 0 Å². The van der Waals surface area contributed by atoms with Crippen molar-refractivity contribution in [2.75, 3.05) is 0 Å². The average Bonchev–Trinajstić information content (AvgIpc) is 2.98. The van der Waals surface area contributed by atoms with Crippen molar-refractivity contribution >= 4 is 47.2 Å². The maximum absolute atomic E-state index is 2.42. The zero-order chi connectivity index (χ0) is 27.9. The van der Waals surface area contributed by atoms with E-state index in [2.05, 4.69) is 172 Å². The van der Waals surface area contributed by atoms with Crippen molar-refractivity contribution in [3.63, 3.8) is 0 Å². The molecule has 0 amide bonds. The van der Waals surface area contributed by atoms with E-state index in [4.69, 9.17) is 0 Å². The van der Waals surface area contributed by atoms with Crippen LogP contribution in [0.2, 0.25) is 0 Å². The molecule has 3 heteroatoms. The van der Waals surface area contributed by atoms with Crippen LogP contribution >= 0.6 is 11.8 Å². The molecule has 4 unspecified atom stereocenters. The molecule has 0 spiro atoms. The molecule has 0 bridgehead atoms. The molecule has 0 aliphatic carbocycles. The summed E-state index contributed by atoms with van der Waals surface area (Å²) >= 11 is 6.69. The summed E-state index contributed by atoms with van der Waals surface area (Å²) in [4.78, 5) is 2.58. The Labute approximate surface area is 260 Å². The van der Waals surface area contributed by atoms with Crippen LogP contribution in [-0.2, 0) is 8.18 Å². The molecule has 4 rings (SSSR count). The molecule has 0 fully saturated rings. The Morgan fingerprint density at radius 3 is 1.13 bits per heavy atom. The second-order valence-corrected chi connectivity index (χ2v) is 13.1. The molecular weight excluding hydrogens is 478 g/mol. The summed E-state index contributed by atoms with van der Waals surface area (Å²) in [5, 5.41) is 0. The van der Waals surface area contributed by atoms with E-state index in [1.165, 1.54) is 44.9 Å². The van der Waals surface area contributed by atoms with E-state index in [9.17, 15) is 0 Å². The number of benzene rings is 4. The van der Waals surface area contributed by atoms with E-state index in [1.807, 2.05) is 11.8 Å². The Morgan fingerprint density at radius 1 is 0.513 bits per heavy atom. The van der Waals surface area contributed by atoms with Crippen LogP contribution in [0.25, 0.3) is 0 Å². The first-order chi connectivity index (χ1) is 18.8. The van der Waals surface area contributed by atoms with Crippen molar-refractivity contribution in [2.45, 2.75) is 71.3 Å². The van der Waals surface area contributed by atoms with E-state index in [0.717, 1.165) is 12.8 Å². The molecule has 192 valence electrons. The molecule has 0 aliphatic heterocycles. The van der Waals surface area contributed by atoms with Crippen molar-refractivity contribution in [3.05, 3.63) is 131 Å². The summed E-state index contributed by atoms with van der Waals surface area (Å²) in [6.45, 7) is 9.35. The van der Waals surface area contributed by atoms with Crippen LogP contribution in [0.4, 0.5) is 0 Å². The Kier molecular flexibility index (Phi) is 10.8. The van der Waals surface area contributed by atoms with Gasteiger partial charge in [-0.2, -0.15) is 0 Å². The van der Waals surface area contributed by atoms with E-state index in [-0.39, 0.29) is 8.18 Å². The van der Waals surface area contributed by atoms with Crippen LogP contribution < -0.4 is 0 Å². The van der Waals surface area contributed by atoms with Crippen molar-refractivity contribution < 1.29 is 0 Å².